The van der Waals surface area contributed by atoms with Gasteiger partial charge in [-0.3, -0.25) is 9.88 Å². The first-order valence-corrected chi connectivity index (χ1v) is 7.07. The van der Waals surface area contributed by atoms with Gasteiger partial charge >= 0.3 is 0 Å². The van der Waals surface area contributed by atoms with Gasteiger partial charge in [-0.15, -0.1) is 0 Å². The van der Waals surface area contributed by atoms with E-state index < -0.39 is 0 Å². The summed E-state index contributed by atoms with van der Waals surface area (Å²) in [6, 6.07) is 6.86. The summed E-state index contributed by atoms with van der Waals surface area (Å²) in [6.07, 6.45) is 2.30. The molecule has 1 fully saturated rings. The Morgan fingerprint density at radius 1 is 1.40 bits per heavy atom. The fraction of sp³-hybridized carbons (Fsp3) is 0.438. The number of aliphatic hydroxyl groups is 1. The molecule has 3 nitrogen and oxygen atoms in total. The lowest BCUT2D eigenvalue weighted by atomic mass is 9.96. The van der Waals surface area contributed by atoms with Gasteiger partial charge in [0.2, 0.25) is 0 Å². The molecule has 0 saturated carbocycles. The molecular weight excluding hydrogens is 255 g/mol. The van der Waals surface area contributed by atoms with Crippen LogP contribution >= 0.6 is 0 Å². The first kappa shape index (κ1) is 13.5. The predicted molar refractivity (Wildman–Crippen MR) is 76.8 cm³/mol. The second-order valence-electron chi connectivity index (χ2n) is 5.67. The van der Waals surface area contributed by atoms with Crippen LogP contribution in [0.25, 0.3) is 10.9 Å². The third-order valence-electron chi connectivity index (χ3n) is 4.14. The van der Waals surface area contributed by atoms with Crippen LogP contribution in [0.1, 0.15) is 18.9 Å². The molecule has 2 aromatic rings. The van der Waals surface area contributed by atoms with Crippen LogP contribution in [0.15, 0.2) is 30.5 Å². The first-order chi connectivity index (χ1) is 9.65. The average molecular weight is 274 g/mol. The molecule has 1 saturated heterocycles. The standard InChI is InChI=1S/C16H19FN2O/c1-11-9-19(8-6-15(11)20)10-12-4-5-14(17)13-3-2-7-18-16(12)13/h2-5,7,11,15,20H,6,8-10H2,1H3. The summed E-state index contributed by atoms with van der Waals surface area (Å²) in [5.41, 5.74) is 1.79. The van der Waals surface area contributed by atoms with Crippen LogP contribution in [0.4, 0.5) is 4.39 Å². The van der Waals surface area contributed by atoms with E-state index in [1.807, 2.05) is 6.07 Å². The number of nitrogens with zero attached hydrogens (tertiary/aromatic N) is 2. The fourth-order valence-electron chi connectivity index (χ4n) is 2.93. The molecule has 1 aliphatic rings. The summed E-state index contributed by atoms with van der Waals surface area (Å²) in [5, 5.41) is 10.4. The first-order valence-electron chi connectivity index (χ1n) is 7.07. The number of hydrogen-bond acceptors (Lipinski definition) is 3. The second kappa shape index (κ2) is 5.46. The monoisotopic (exact) mass is 274 g/mol. The predicted octanol–water partition coefficient (Wildman–Crippen LogP) is 2.58. The SMILES string of the molecule is CC1CN(Cc2ccc(F)c3cccnc23)CCC1O. The van der Waals surface area contributed by atoms with Crippen LogP contribution < -0.4 is 0 Å². The second-order valence-corrected chi connectivity index (χ2v) is 5.67. The maximum atomic E-state index is 13.8. The highest BCUT2D eigenvalue weighted by molar-refractivity contribution is 5.82. The van der Waals surface area contributed by atoms with E-state index in [1.54, 1.807) is 18.3 Å². The summed E-state index contributed by atoms with van der Waals surface area (Å²) < 4.78 is 13.8. The molecule has 1 aromatic heterocycles. The normalized spacial score (nSPS) is 24.1. The number of halogens is 1. The van der Waals surface area contributed by atoms with Crippen molar-refractivity contribution < 1.29 is 9.50 Å². The number of likely N-dealkylation sites (tertiary alicyclic amines) is 1. The van der Waals surface area contributed by atoms with Crippen molar-refractivity contribution in [2.75, 3.05) is 13.1 Å². The minimum atomic E-state index is -0.223. The summed E-state index contributed by atoms with van der Waals surface area (Å²) >= 11 is 0. The summed E-state index contributed by atoms with van der Waals surface area (Å²) in [5.74, 6) is 0.0581. The summed E-state index contributed by atoms with van der Waals surface area (Å²) in [7, 11) is 0. The largest absolute Gasteiger partial charge is 0.393 e. The molecule has 0 spiro atoms. The number of aliphatic hydroxyl groups excluding tert-OH is 1. The van der Waals surface area contributed by atoms with Crippen molar-refractivity contribution in [1.29, 1.82) is 0 Å². The lowest BCUT2D eigenvalue weighted by Gasteiger charge is -2.34. The van der Waals surface area contributed by atoms with Crippen molar-refractivity contribution in [2.24, 2.45) is 5.92 Å². The molecule has 2 unspecified atom stereocenters. The van der Waals surface area contributed by atoms with Gasteiger partial charge < -0.3 is 5.11 Å². The Labute approximate surface area is 118 Å². The lowest BCUT2D eigenvalue weighted by molar-refractivity contribution is 0.0321. The Kier molecular flexibility index (Phi) is 3.68. The van der Waals surface area contributed by atoms with E-state index in [-0.39, 0.29) is 17.8 Å². The van der Waals surface area contributed by atoms with Crippen molar-refractivity contribution in [3.8, 4) is 0 Å². The highest BCUT2D eigenvalue weighted by Crippen LogP contribution is 2.23. The number of benzene rings is 1. The minimum absolute atomic E-state index is 0.200. The van der Waals surface area contributed by atoms with Gasteiger partial charge in [-0.05, 0) is 36.1 Å². The molecule has 106 valence electrons. The van der Waals surface area contributed by atoms with E-state index >= 15 is 0 Å². The summed E-state index contributed by atoms with van der Waals surface area (Å²) in [4.78, 5) is 6.63. The lowest BCUT2D eigenvalue weighted by Crippen LogP contribution is -2.41. The number of rotatable bonds is 2. The zero-order valence-electron chi connectivity index (χ0n) is 11.6. The zero-order chi connectivity index (χ0) is 14.1. The molecule has 3 rings (SSSR count). The number of piperidine rings is 1. The Morgan fingerprint density at radius 2 is 2.25 bits per heavy atom. The third kappa shape index (κ3) is 2.53. The molecule has 1 aliphatic heterocycles. The van der Waals surface area contributed by atoms with E-state index in [1.165, 1.54) is 6.07 Å². The van der Waals surface area contributed by atoms with Gasteiger partial charge in [0.25, 0.3) is 0 Å². The van der Waals surface area contributed by atoms with Gasteiger partial charge in [-0.2, -0.15) is 0 Å². The van der Waals surface area contributed by atoms with Crippen LogP contribution in [0, 0.1) is 11.7 Å². The van der Waals surface area contributed by atoms with Crippen molar-refractivity contribution in [2.45, 2.75) is 26.0 Å². The van der Waals surface area contributed by atoms with Gasteiger partial charge in [0.15, 0.2) is 0 Å². The van der Waals surface area contributed by atoms with Crippen LogP contribution in [-0.4, -0.2) is 34.2 Å². The van der Waals surface area contributed by atoms with Crippen LogP contribution in [-0.2, 0) is 6.54 Å². The van der Waals surface area contributed by atoms with Gasteiger partial charge in [-0.1, -0.05) is 13.0 Å². The van der Waals surface area contributed by atoms with Gasteiger partial charge in [-0.25, -0.2) is 4.39 Å². The number of fused-ring (bicyclic) bond motifs is 1. The minimum Gasteiger partial charge on any atom is -0.393 e. The van der Waals surface area contributed by atoms with Crippen molar-refractivity contribution in [3.05, 3.63) is 41.8 Å². The van der Waals surface area contributed by atoms with Gasteiger partial charge in [0.05, 0.1) is 11.6 Å². The molecule has 4 heteroatoms. The smallest absolute Gasteiger partial charge is 0.132 e. The third-order valence-corrected chi connectivity index (χ3v) is 4.14. The topological polar surface area (TPSA) is 36.4 Å². The fourth-order valence-corrected chi connectivity index (χ4v) is 2.93. The van der Waals surface area contributed by atoms with Crippen LogP contribution in [0.2, 0.25) is 0 Å². The van der Waals surface area contributed by atoms with Crippen molar-refractivity contribution in [3.63, 3.8) is 0 Å². The molecule has 20 heavy (non-hydrogen) atoms. The molecule has 1 N–H and O–H groups in total. The Bertz CT molecular complexity index is 616. The summed E-state index contributed by atoms with van der Waals surface area (Å²) in [6.45, 7) is 4.56. The molecule has 1 aromatic carbocycles. The number of aromatic nitrogens is 1. The number of hydrogen-bond donors (Lipinski definition) is 1. The van der Waals surface area contributed by atoms with Crippen molar-refractivity contribution in [1.82, 2.24) is 9.88 Å². The van der Waals surface area contributed by atoms with E-state index in [0.29, 0.717) is 5.39 Å². The molecule has 0 radical (unpaired) electrons. The molecule has 0 amide bonds. The van der Waals surface area contributed by atoms with Crippen LogP contribution in [0.3, 0.4) is 0 Å². The molecule has 0 aliphatic carbocycles. The zero-order valence-corrected chi connectivity index (χ0v) is 11.6. The molecular formula is C16H19FN2O. The van der Waals surface area contributed by atoms with Gasteiger partial charge in [0.1, 0.15) is 5.82 Å². The number of pyridine rings is 1. The van der Waals surface area contributed by atoms with E-state index in [2.05, 4.69) is 16.8 Å². The Balaban J connectivity index is 1.86. The van der Waals surface area contributed by atoms with Crippen LogP contribution in [0.5, 0.6) is 0 Å². The molecule has 2 heterocycles. The van der Waals surface area contributed by atoms with E-state index in [9.17, 15) is 9.50 Å². The quantitative estimate of drug-likeness (QED) is 0.914. The Morgan fingerprint density at radius 3 is 3.05 bits per heavy atom. The van der Waals surface area contributed by atoms with E-state index in [0.717, 1.165) is 37.1 Å². The highest BCUT2D eigenvalue weighted by Gasteiger charge is 2.24. The van der Waals surface area contributed by atoms with Crippen molar-refractivity contribution >= 4 is 10.9 Å². The maximum absolute atomic E-state index is 13.8. The van der Waals surface area contributed by atoms with Gasteiger partial charge in [0, 0.05) is 31.2 Å². The molecule has 0 bridgehead atoms. The molecule has 2 atom stereocenters. The highest BCUT2D eigenvalue weighted by atomic mass is 19.1. The average Bonchev–Trinajstić information content (AvgIpc) is 2.46. The van der Waals surface area contributed by atoms with E-state index in [4.69, 9.17) is 0 Å². The Hall–Kier alpha value is -1.52. The maximum Gasteiger partial charge on any atom is 0.132 e.